The molecule has 4 nitrogen and oxygen atoms in total. The van der Waals surface area contributed by atoms with E-state index in [0.717, 1.165) is 43.9 Å². The lowest BCUT2D eigenvalue weighted by atomic mass is 9.87. The zero-order chi connectivity index (χ0) is 18.3. The Bertz CT molecular complexity index is 538. The minimum atomic E-state index is 0. The lowest BCUT2D eigenvalue weighted by Gasteiger charge is -2.32. The highest BCUT2D eigenvalue weighted by molar-refractivity contribution is 8.00. The quantitative estimate of drug-likeness (QED) is 0.557. The molecule has 148 valence electrons. The Morgan fingerprint density at radius 3 is 2.38 bits per heavy atom. The van der Waals surface area contributed by atoms with E-state index in [1.54, 1.807) is 11.8 Å². The largest absolute Gasteiger partial charge is 0.378 e. The molecule has 0 spiro atoms. The lowest BCUT2D eigenvalue weighted by molar-refractivity contribution is -0.130. The normalized spacial score (nSPS) is 15.6. The first-order chi connectivity index (χ1) is 11.9. The Morgan fingerprint density at radius 1 is 1.23 bits per heavy atom. The summed E-state index contributed by atoms with van der Waals surface area (Å²) >= 11 is 1.62. The first kappa shape index (κ1) is 23.3. The summed E-state index contributed by atoms with van der Waals surface area (Å²) in [6, 6.07) is 8.57. The highest BCUT2D eigenvalue weighted by Gasteiger charge is 2.23. The van der Waals surface area contributed by atoms with Gasteiger partial charge in [-0.2, -0.15) is 0 Å². The van der Waals surface area contributed by atoms with E-state index >= 15 is 0 Å². The number of piperidine rings is 1. The number of ether oxygens (including phenoxy) is 1. The third-order valence-electron chi connectivity index (χ3n) is 4.58. The van der Waals surface area contributed by atoms with Crippen LogP contribution >= 0.6 is 24.2 Å². The van der Waals surface area contributed by atoms with Crippen LogP contribution in [0.1, 0.15) is 45.6 Å². The third kappa shape index (κ3) is 7.47. The number of nitrogens with zero attached hydrogens (tertiary/aromatic N) is 1. The van der Waals surface area contributed by atoms with Crippen molar-refractivity contribution in [3.05, 3.63) is 29.8 Å². The van der Waals surface area contributed by atoms with Gasteiger partial charge in [0.25, 0.3) is 0 Å². The minimum absolute atomic E-state index is 0. The number of halogens is 1. The fourth-order valence-corrected chi connectivity index (χ4v) is 3.69. The molecule has 1 aliphatic heterocycles. The Hall–Kier alpha value is -0.750. The molecular weight excluding hydrogens is 368 g/mol. The predicted molar refractivity (Wildman–Crippen MR) is 112 cm³/mol. The molecule has 1 amide bonds. The van der Waals surface area contributed by atoms with E-state index in [-0.39, 0.29) is 29.8 Å². The van der Waals surface area contributed by atoms with Crippen LogP contribution in [-0.4, -0.2) is 48.9 Å². The van der Waals surface area contributed by atoms with Crippen molar-refractivity contribution in [1.82, 2.24) is 4.90 Å². The number of thioether (sulfide) groups is 1. The van der Waals surface area contributed by atoms with Gasteiger partial charge >= 0.3 is 0 Å². The van der Waals surface area contributed by atoms with Crippen molar-refractivity contribution in [3.8, 4) is 0 Å². The van der Waals surface area contributed by atoms with E-state index in [9.17, 15) is 4.79 Å². The van der Waals surface area contributed by atoms with Crippen LogP contribution in [0.25, 0.3) is 0 Å². The van der Waals surface area contributed by atoms with Crippen molar-refractivity contribution in [2.24, 2.45) is 5.73 Å². The number of carbonyl (C=O) groups excluding carboxylic acids is 1. The number of hydrogen-bond donors (Lipinski definition) is 1. The molecule has 6 heteroatoms. The maximum atomic E-state index is 12.4. The summed E-state index contributed by atoms with van der Waals surface area (Å²) in [7, 11) is 0. The topological polar surface area (TPSA) is 55.6 Å². The number of amides is 1. The third-order valence-corrected chi connectivity index (χ3v) is 5.58. The molecule has 2 rings (SSSR count). The second-order valence-electron chi connectivity index (χ2n) is 7.66. The average molecular weight is 401 g/mol. The van der Waals surface area contributed by atoms with Gasteiger partial charge in [-0.1, -0.05) is 32.9 Å². The number of rotatable bonds is 7. The van der Waals surface area contributed by atoms with E-state index in [4.69, 9.17) is 10.5 Å². The van der Waals surface area contributed by atoms with Gasteiger partial charge < -0.3 is 15.4 Å². The van der Waals surface area contributed by atoms with Crippen molar-refractivity contribution in [3.63, 3.8) is 0 Å². The molecule has 1 aromatic rings. The van der Waals surface area contributed by atoms with Crippen LogP contribution < -0.4 is 5.73 Å². The monoisotopic (exact) mass is 400 g/mol. The Morgan fingerprint density at radius 2 is 1.85 bits per heavy atom. The van der Waals surface area contributed by atoms with Crippen LogP contribution in [0.4, 0.5) is 0 Å². The fourth-order valence-electron chi connectivity index (χ4n) is 2.89. The highest BCUT2D eigenvalue weighted by atomic mass is 35.5. The van der Waals surface area contributed by atoms with Gasteiger partial charge in [-0.3, -0.25) is 4.79 Å². The summed E-state index contributed by atoms with van der Waals surface area (Å²) in [5.41, 5.74) is 6.96. The van der Waals surface area contributed by atoms with Crippen LogP contribution in [0, 0.1) is 0 Å². The molecular formula is C20H33ClN2O2S. The fraction of sp³-hybridized carbons (Fsp3) is 0.650. The van der Waals surface area contributed by atoms with Crippen LogP contribution in [0.3, 0.4) is 0 Å². The van der Waals surface area contributed by atoms with Crippen LogP contribution in [0.15, 0.2) is 29.2 Å². The zero-order valence-corrected chi connectivity index (χ0v) is 17.8. The second kappa shape index (κ2) is 11.2. The number of likely N-dealkylation sites (tertiary alicyclic amines) is 1. The lowest BCUT2D eigenvalue weighted by Crippen LogP contribution is -2.41. The van der Waals surface area contributed by atoms with Crippen LogP contribution in [-0.2, 0) is 14.9 Å². The maximum Gasteiger partial charge on any atom is 0.232 e. The van der Waals surface area contributed by atoms with Gasteiger partial charge in [-0.25, -0.2) is 0 Å². The molecule has 0 aliphatic carbocycles. The Balaban J connectivity index is 0.00000338. The first-order valence-corrected chi connectivity index (χ1v) is 10.2. The number of hydrogen-bond acceptors (Lipinski definition) is 4. The summed E-state index contributed by atoms with van der Waals surface area (Å²) < 4.78 is 5.80. The van der Waals surface area contributed by atoms with Gasteiger partial charge in [0.15, 0.2) is 0 Å². The van der Waals surface area contributed by atoms with Gasteiger partial charge in [-0.05, 0) is 48.9 Å². The molecule has 0 aromatic heterocycles. The van der Waals surface area contributed by atoms with Crippen molar-refractivity contribution in [1.29, 1.82) is 0 Å². The summed E-state index contributed by atoms with van der Waals surface area (Å²) in [5, 5.41) is 0. The summed E-state index contributed by atoms with van der Waals surface area (Å²) in [5.74, 6) is 0.735. The molecule has 0 atom stereocenters. The number of carbonyl (C=O) groups is 1. The summed E-state index contributed by atoms with van der Waals surface area (Å²) in [6.07, 6.45) is 3.06. The van der Waals surface area contributed by atoms with E-state index < -0.39 is 0 Å². The van der Waals surface area contributed by atoms with E-state index in [1.165, 1.54) is 5.56 Å². The molecule has 0 saturated carbocycles. The molecule has 1 heterocycles. The van der Waals surface area contributed by atoms with E-state index in [2.05, 4.69) is 45.0 Å². The highest BCUT2D eigenvalue weighted by Crippen LogP contribution is 2.26. The van der Waals surface area contributed by atoms with Gasteiger partial charge in [0.1, 0.15) is 0 Å². The van der Waals surface area contributed by atoms with Gasteiger partial charge in [0.05, 0.1) is 11.9 Å². The smallest absolute Gasteiger partial charge is 0.232 e. The molecule has 1 aromatic carbocycles. The van der Waals surface area contributed by atoms with Crippen molar-refractivity contribution < 1.29 is 9.53 Å². The molecule has 0 radical (unpaired) electrons. The maximum absolute atomic E-state index is 12.4. The molecule has 1 fully saturated rings. The SMILES string of the molecule is CC(C)(C)c1ccc(SCC(=O)N2CCC(OCCCN)CC2)cc1.Cl. The molecule has 1 saturated heterocycles. The Kier molecular flexibility index (Phi) is 10.0. The number of benzene rings is 1. The van der Waals surface area contributed by atoms with Crippen molar-refractivity contribution >= 4 is 30.1 Å². The van der Waals surface area contributed by atoms with Gasteiger partial charge in [0.2, 0.25) is 5.91 Å². The van der Waals surface area contributed by atoms with E-state index in [0.29, 0.717) is 12.3 Å². The second-order valence-corrected chi connectivity index (χ2v) is 8.70. The molecule has 2 N–H and O–H groups in total. The van der Waals surface area contributed by atoms with Crippen molar-refractivity contribution in [2.45, 2.75) is 56.4 Å². The van der Waals surface area contributed by atoms with E-state index in [1.807, 2.05) is 4.90 Å². The van der Waals surface area contributed by atoms with Crippen LogP contribution in [0.2, 0.25) is 0 Å². The zero-order valence-electron chi connectivity index (χ0n) is 16.2. The van der Waals surface area contributed by atoms with Gasteiger partial charge in [-0.15, -0.1) is 24.2 Å². The van der Waals surface area contributed by atoms with Crippen LogP contribution in [0.5, 0.6) is 0 Å². The average Bonchev–Trinajstić information content (AvgIpc) is 2.60. The molecule has 1 aliphatic rings. The molecule has 0 bridgehead atoms. The van der Waals surface area contributed by atoms with Crippen molar-refractivity contribution in [2.75, 3.05) is 32.0 Å². The standard InChI is InChI=1S/C20H32N2O2S.ClH/c1-20(2,3)16-5-7-18(8-6-16)25-15-19(23)22-12-9-17(10-13-22)24-14-4-11-21;/h5-8,17H,4,9-15,21H2,1-3H3;1H. The number of nitrogens with two attached hydrogens (primary N) is 1. The first-order valence-electron chi connectivity index (χ1n) is 9.23. The minimum Gasteiger partial charge on any atom is -0.378 e. The Labute approximate surface area is 168 Å². The summed E-state index contributed by atoms with van der Waals surface area (Å²) in [6.45, 7) is 9.64. The van der Waals surface area contributed by atoms with Gasteiger partial charge in [0, 0.05) is 24.6 Å². The molecule has 0 unspecified atom stereocenters. The predicted octanol–water partition coefficient (Wildman–Crippen LogP) is 3.85. The summed E-state index contributed by atoms with van der Waals surface area (Å²) in [4.78, 5) is 15.5. The molecule has 26 heavy (non-hydrogen) atoms.